The lowest BCUT2D eigenvalue weighted by molar-refractivity contribution is 0.267. The Kier molecular flexibility index (Phi) is 3.71. The van der Waals surface area contributed by atoms with E-state index in [1.807, 2.05) is 25.1 Å². The lowest BCUT2D eigenvalue weighted by atomic mass is 10.2. The second-order valence-electron chi connectivity index (χ2n) is 3.77. The van der Waals surface area contributed by atoms with Crippen LogP contribution in [-0.4, -0.2) is 0 Å². The molecule has 17 heavy (non-hydrogen) atoms. The number of halogens is 1. The highest BCUT2D eigenvalue weighted by molar-refractivity contribution is 6.30. The summed E-state index contributed by atoms with van der Waals surface area (Å²) in [6.45, 7) is 2.78. The second-order valence-corrected chi connectivity index (χ2v) is 4.21. The quantitative estimate of drug-likeness (QED) is 0.907. The molecule has 0 radical (unpaired) electrons. The summed E-state index contributed by atoms with van der Waals surface area (Å²) in [6, 6.07) is 7.40. The molecule has 0 aliphatic heterocycles. The van der Waals surface area contributed by atoms with Crippen molar-refractivity contribution in [1.82, 2.24) is 0 Å². The molecule has 4 heteroatoms. The van der Waals surface area contributed by atoms with Gasteiger partial charge >= 0.3 is 0 Å². The first-order valence-corrected chi connectivity index (χ1v) is 5.72. The highest BCUT2D eigenvalue weighted by atomic mass is 35.5. The normalized spacial score (nSPS) is 10.5. The van der Waals surface area contributed by atoms with Gasteiger partial charge in [0.2, 0.25) is 0 Å². The predicted molar refractivity (Wildman–Crippen MR) is 67.1 cm³/mol. The van der Waals surface area contributed by atoms with Gasteiger partial charge in [0.25, 0.3) is 0 Å². The summed E-state index contributed by atoms with van der Waals surface area (Å²) in [7, 11) is 0. The highest BCUT2D eigenvalue weighted by Crippen LogP contribution is 2.24. The van der Waals surface area contributed by atoms with Gasteiger partial charge in [-0.3, -0.25) is 0 Å². The summed E-state index contributed by atoms with van der Waals surface area (Å²) >= 11 is 5.91. The van der Waals surface area contributed by atoms with Gasteiger partial charge in [-0.05, 0) is 30.7 Å². The molecule has 1 aromatic carbocycles. The van der Waals surface area contributed by atoms with E-state index in [4.69, 9.17) is 26.5 Å². The van der Waals surface area contributed by atoms with Crippen LogP contribution in [0.2, 0.25) is 5.02 Å². The van der Waals surface area contributed by atoms with E-state index in [0.717, 1.165) is 22.6 Å². The number of nitrogens with two attached hydrogens (primary N) is 1. The van der Waals surface area contributed by atoms with Gasteiger partial charge in [-0.1, -0.05) is 17.7 Å². The highest BCUT2D eigenvalue weighted by Gasteiger charge is 2.07. The number of rotatable bonds is 4. The first-order valence-electron chi connectivity index (χ1n) is 5.35. The van der Waals surface area contributed by atoms with Gasteiger partial charge in [0.15, 0.2) is 0 Å². The first kappa shape index (κ1) is 12.0. The summed E-state index contributed by atoms with van der Waals surface area (Å²) in [4.78, 5) is 0. The minimum Gasteiger partial charge on any atom is -0.485 e. The molecule has 2 rings (SSSR count). The molecule has 0 aliphatic rings. The number of aryl methyl sites for hydroxylation is 1. The van der Waals surface area contributed by atoms with Crippen molar-refractivity contribution in [3.8, 4) is 5.75 Å². The van der Waals surface area contributed by atoms with Gasteiger partial charge in [-0.25, -0.2) is 0 Å². The van der Waals surface area contributed by atoms with Crippen LogP contribution < -0.4 is 10.5 Å². The molecule has 1 heterocycles. The molecular formula is C13H14ClNO2. The average Bonchev–Trinajstić information content (AvgIpc) is 2.77. The molecule has 0 saturated carbocycles. The summed E-state index contributed by atoms with van der Waals surface area (Å²) in [5.41, 5.74) is 7.58. The number of furan rings is 1. The minimum atomic E-state index is 0.362. The van der Waals surface area contributed by atoms with Crippen LogP contribution in [0.5, 0.6) is 5.75 Å². The third kappa shape index (κ3) is 2.81. The zero-order valence-electron chi connectivity index (χ0n) is 9.57. The van der Waals surface area contributed by atoms with Crippen molar-refractivity contribution in [2.24, 2.45) is 5.73 Å². The zero-order valence-corrected chi connectivity index (χ0v) is 10.3. The Morgan fingerprint density at radius 3 is 2.94 bits per heavy atom. The van der Waals surface area contributed by atoms with Gasteiger partial charge in [-0.15, -0.1) is 0 Å². The van der Waals surface area contributed by atoms with E-state index < -0.39 is 0 Å². The molecule has 0 fully saturated rings. The monoisotopic (exact) mass is 251 g/mol. The summed E-state index contributed by atoms with van der Waals surface area (Å²) in [5.74, 6) is 1.52. The van der Waals surface area contributed by atoms with Crippen LogP contribution in [0.25, 0.3) is 0 Å². The van der Waals surface area contributed by atoms with E-state index in [-0.39, 0.29) is 0 Å². The van der Waals surface area contributed by atoms with Crippen LogP contribution in [-0.2, 0) is 13.2 Å². The molecule has 0 spiro atoms. The molecule has 2 N–H and O–H groups in total. The Bertz CT molecular complexity index is 508. The Hall–Kier alpha value is -1.45. The molecule has 0 atom stereocenters. The molecule has 0 saturated heterocycles. The van der Waals surface area contributed by atoms with Crippen LogP contribution in [0.15, 0.2) is 34.9 Å². The summed E-state index contributed by atoms with van der Waals surface area (Å²) in [6.07, 6.45) is 1.62. The molecule has 0 unspecified atom stereocenters. The Labute approximate surface area is 105 Å². The van der Waals surface area contributed by atoms with E-state index in [2.05, 4.69) is 0 Å². The minimum absolute atomic E-state index is 0.362. The van der Waals surface area contributed by atoms with Crippen molar-refractivity contribution in [3.05, 3.63) is 52.4 Å². The zero-order chi connectivity index (χ0) is 12.3. The summed E-state index contributed by atoms with van der Waals surface area (Å²) < 4.78 is 11.0. The Morgan fingerprint density at radius 1 is 1.35 bits per heavy atom. The maximum absolute atomic E-state index is 5.91. The fourth-order valence-corrected chi connectivity index (χ4v) is 1.71. The van der Waals surface area contributed by atoms with Crippen molar-refractivity contribution in [1.29, 1.82) is 0 Å². The van der Waals surface area contributed by atoms with Crippen LogP contribution >= 0.6 is 11.6 Å². The van der Waals surface area contributed by atoms with Crippen LogP contribution in [0.3, 0.4) is 0 Å². The topological polar surface area (TPSA) is 48.4 Å². The third-order valence-corrected chi connectivity index (χ3v) is 2.80. The largest absolute Gasteiger partial charge is 0.485 e. The molecule has 1 aromatic heterocycles. The van der Waals surface area contributed by atoms with Crippen molar-refractivity contribution in [3.63, 3.8) is 0 Å². The van der Waals surface area contributed by atoms with Gasteiger partial charge < -0.3 is 14.9 Å². The molecule has 0 bridgehead atoms. The van der Waals surface area contributed by atoms with Gasteiger partial charge in [0.1, 0.15) is 18.1 Å². The van der Waals surface area contributed by atoms with E-state index in [1.54, 1.807) is 12.3 Å². The van der Waals surface area contributed by atoms with E-state index in [1.165, 1.54) is 0 Å². The van der Waals surface area contributed by atoms with Crippen molar-refractivity contribution in [2.45, 2.75) is 20.1 Å². The maximum atomic E-state index is 5.91. The Morgan fingerprint density at radius 2 is 2.18 bits per heavy atom. The van der Waals surface area contributed by atoms with E-state index in [9.17, 15) is 0 Å². The van der Waals surface area contributed by atoms with Crippen molar-refractivity contribution >= 4 is 11.6 Å². The molecule has 0 amide bonds. The molecule has 90 valence electrons. The fraction of sp³-hybridized carbons (Fsp3) is 0.231. The van der Waals surface area contributed by atoms with Crippen LogP contribution in [0.4, 0.5) is 0 Å². The smallest absolute Gasteiger partial charge is 0.146 e. The second kappa shape index (κ2) is 5.25. The van der Waals surface area contributed by atoms with Crippen LogP contribution in [0.1, 0.15) is 16.9 Å². The SMILES string of the molecule is Cc1ccc(Cl)cc1OCc1occc1CN. The van der Waals surface area contributed by atoms with Crippen molar-refractivity contribution in [2.75, 3.05) is 0 Å². The molecule has 2 aromatic rings. The molecule has 3 nitrogen and oxygen atoms in total. The van der Waals surface area contributed by atoms with Crippen molar-refractivity contribution < 1.29 is 9.15 Å². The number of hydrogen-bond acceptors (Lipinski definition) is 3. The van der Waals surface area contributed by atoms with Crippen LogP contribution in [0, 0.1) is 6.92 Å². The maximum Gasteiger partial charge on any atom is 0.146 e. The lowest BCUT2D eigenvalue weighted by Gasteiger charge is -2.08. The third-order valence-electron chi connectivity index (χ3n) is 2.57. The molecule has 0 aliphatic carbocycles. The van der Waals surface area contributed by atoms with Gasteiger partial charge in [-0.2, -0.15) is 0 Å². The van der Waals surface area contributed by atoms with Gasteiger partial charge in [0, 0.05) is 17.1 Å². The lowest BCUT2D eigenvalue weighted by Crippen LogP contribution is -2.02. The summed E-state index contributed by atoms with van der Waals surface area (Å²) in [5, 5.41) is 0.657. The Balaban J connectivity index is 2.09. The number of benzene rings is 1. The average molecular weight is 252 g/mol. The fourth-order valence-electron chi connectivity index (χ4n) is 1.55. The van der Waals surface area contributed by atoms with E-state index in [0.29, 0.717) is 18.2 Å². The predicted octanol–water partition coefficient (Wildman–Crippen LogP) is 3.28. The van der Waals surface area contributed by atoms with E-state index >= 15 is 0 Å². The molecular weight excluding hydrogens is 238 g/mol. The first-order chi connectivity index (χ1) is 8.20. The number of ether oxygens (including phenoxy) is 1. The van der Waals surface area contributed by atoms with Gasteiger partial charge in [0.05, 0.1) is 6.26 Å². The number of hydrogen-bond donors (Lipinski definition) is 1. The standard InChI is InChI=1S/C13H14ClNO2/c1-9-2-3-11(14)6-12(9)17-8-13-10(7-15)4-5-16-13/h2-6H,7-8,15H2,1H3.